The molecule has 0 saturated heterocycles. The number of hydrogen-bond acceptors (Lipinski definition) is 3. The predicted octanol–water partition coefficient (Wildman–Crippen LogP) is 1.61. The van der Waals surface area contributed by atoms with Gasteiger partial charge in [-0.3, -0.25) is 4.79 Å². The molecule has 0 aliphatic carbocycles. The monoisotopic (exact) mass is 241 g/mol. The van der Waals surface area contributed by atoms with Crippen molar-refractivity contribution in [3.63, 3.8) is 0 Å². The minimum absolute atomic E-state index is 0.0141. The number of aromatic amines is 1. The molecular weight excluding hydrogens is 228 g/mol. The van der Waals surface area contributed by atoms with E-state index in [1.165, 1.54) is 0 Å². The first-order chi connectivity index (χ1) is 8.78. The molecule has 2 aromatic rings. The van der Waals surface area contributed by atoms with E-state index in [0.717, 1.165) is 28.7 Å². The minimum Gasteiger partial charge on any atom is -0.335 e. The van der Waals surface area contributed by atoms with E-state index < -0.39 is 0 Å². The third kappa shape index (κ3) is 1.77. The van der Waals surface area contributed by atoms with Crippen molar-refractivity contribution in [3.05, 3.63) is 30.1 Å². The van der Waals surface area contributed by atoms with E-state index in [1.54, 1.807) is 0 Å². The minimum atomic E-state index is -0.0141. The largest absolute Gasteiger partial charge is 0.335 e. The lowest BCUT2D eigenvalue weighted by Gasteiger charge is -2.21. The van der Waals surface area contributed by atoms with Gasteiger partial charge in [-0.15, -0.1) is 0 Å². The molecule has 1 aromatic heterocycles. The fraction of sp³-hybridized carbons (Fsp3) is 0.308. The first-order valence-corrected chi connectivity index (χ1v) is 6.00. The SMILES string of the molecule is CCC1CC(=O)NN=C1c1ccc2[nH][c]nc2c1. The summed E-state index contributed by atoms with van der Waals surface area (Å²) in [5.74, 6) is 0.166. The van der Waals surface area contributed by atoms with Crippen molar-refractivity contribution >= 4 is 22.7 Å². The second-order valence-electron chi connectivity index (χ2n) is 4.42. The second kappa shape index (κ2) is 4.25. The quantitative estimate of drug-likeness (QED) is 0.838. The second-order valence-corrected chi connectivity index (χ2v) is 4.42. The predicted molar refractivity (Wildman–Crippen MR) is 68.0 cm³/mol. The number of benzene rings is 1. The van der Waals surface area contributed by atoms with Crippen LogP contribution in [0.2, 0.25) is 0 Å². The third-order valence-electron chi connectivity index (χ3n) is 3.27. The van der Waals surface area contributed by atoms with E-state index in [2.05, 4.69) is 33.7 Å². The average Bonchev–Trinajstić information content (AvgIpc) is 2.85. The summed E-state index contributed by atoms with van der Waals surface area (Å²) >= 11 is 0. The molecule has 3 rings (SSSR count). The Morgan fingerprint density at radius 2 is 2.39 bits per heavy atom. The van der Waals surface area contributed by atoms with Crippen LogP contribution in [0.25, 0.3) is 11.0 Å². The number of carbonyl (C=O) groups excluding carboxylic acids is 1. The van der Waals surface area contributed by atoms with Crippen LogP contribution in [0.1, 0.15) is 25.3 Å². The van der Waals surface area contributed by atoms with Crippen LogP contribution >= 0.6 is 0 Å². The lowest BCUT2D eigenvalue weighted by Crippen LogP contribution is -2.33. The fourth-order valence-electron chi connectivity index (χ4n) is 2.26. The van der Waals surface area contributed by atoms with E-state index in [0.29, 0.717) is 6.42 Å². The smallest absolute Gasteiger partial charge is 0.240 e. The molecule has 1 aliphatic heterocycles. The van der Waals surface area contributed by atoms with Crippen LogP contribution in [-0.4, -0.2) is 21.6 Å². The molecule has 18 heavy (non-hydrogen) atoms. The lowest BCUT2D eigenvalue weighted by molar-refractivity contribution is -0.122. The van der Waals surface area contributed by atoms with Gasteiger partial charge in [0.25, 0.3) is 0 Å². The number of carbonyl (C=O) groups is 1. The van der Waals surface area contributed by atoms with Crippen LogP contribution in [0.15, 0.2) is 23.3 Å². The maximum absolute atomic E-state index is 11.3. The van der Waals surface area contributed by atoms with Crippen LogP contribution in [-0.2, 0) is 4.79 Å². The molecule has 1 atom stereocenters. The van der Waals surface area contributed by atoms with Crippen molar-refractivity contribution in [2.45, 2.75) is 19.8 Å². The van der Waals surface area contributed by atoms with Crippen molar-refractivity contribution < 1.29 is 4.79 Å². The zero-order valence-electron chi connectivity index (χ0n) is 10.0. The van der Waals surface area contributed by atoms with Crippen molar-refractivity contribution in [1.29, 1.82) is 0 Å². The molecule has 2 heterocycles. The first kappa shape index (κ1) is 11.0. The van der Waals surface area contributed by atoms with Gasteiger partial charge >= 0.3 is 0 Å². The van der Waals surface area contributed by atoms with Gasteiger partial charge in [-0.1, -0.05) is 13.0 Å². The summed E-state index contributed by atoms with van der Waals surface area (Å²) in [4.78, 5) is 18.4. The Morgan fingerprint density at radius 3 is 3.22 bits per heavy atom. The van der Waals surface area contributed by atoms with Gasteiger partial charge in [0.2, 0.25) is 5.91 Å². The number of hydrogen-bond donors (Lipinski definition) is 2. The standard InChI is InChI=1S/C13H13N4O/c1-2-8-6-12(18)16-17-13(8)9-3-4-10-11(5-9)15-7-14-10/h3-5,8H,2,6H2,1H3,(H,14,15)(H,16,18). The van der Waals surface area contributed by atoms with Crippen LogP contribution in [0.3, 0.4) is 0 Å². The lowest BCUT2D eigenvalue weighted by atomic mass is 9.90. The molecule has 2 N–H and O–H groups in total. The number of imidazole rings is 1. The maximum Gasteiger partial charge on any atom is 0.240 e. The molecule has 1 unspecified atom stereocenters. The van der Waals surface area contributed by atoms with E-state index in [1.807, 2.05) is 18.2 Å². The van der Waals surface area contributed by atoms with Crippen molar-refractivity contribution in [1.82, 2.24) is 15.4 Å². The van der Waals surface area contributed by atoms with Crippen molar-refractivity contribution in [2.24, 2.45) is 11.0 Å². The summed E-state index contributed by atoms with van der Waals surface area (Å²) in [6.45, 7) is 2.07. The molecule has 0 saturated carbocycles. The number of hydrazone groups is 1. The highest BCUT2D eigenvalue weighted by Crippen LogP contribution is 2.21. The summed E-state index contributed by atoms with van der Waals surface area (Å²) in [5, 5.41) is 4.19. The highest BCUT2D eigenvalue weighted by Gasteiger charge is 2.24. The normalized spacial score (nSPS) is 19.7. The van der Waals surface area contributed by atoms with Crippen molar-refractivity contribution in [3.8, 4) is 0 Å². The zero-order valence-corrected chi connectivity index (χ0v) is 10.0. The molecule has 0 spiro atoms. The van der Waals surface area contributed by atoms with Crippen molar-refractivity contribution in [2.75, 3.05) is 0 Å². The van der Waals surface area contributed by atoms with Gasteiger partial charge in [0.05, 0.1) is 16.7 Å². The first-order valence-electron chi connectivity index (χ1n) is 6.00. The molecule has 91 valence electrons. The van der Waals surface area contributed by atoms with Gasteiger partial charge in [-0.05, 0) is 18.6 Å². The Labute approximate surface area is 104 Å². The molecule has 5 heteroatoms. The number of fused-ring (bicyclic) bond motifs is 1. The van der Waals surface area contributed by atoms with Gasteiger partial charge in [0, 0.05) is 17.9 Å². The molecule has 0 fully saturated rings. The van der Waals surface area contributed by atoms with Crippen LogP contribution < -0.4 is 5.43 Å². The molecule has 1 aliphatic rings. The van der Waals surface area contributed by atoms with Crippen LogP contribution in [0, 0.1) is 12.2 Å². The Balaban J connectivity index is 2.04. The summed E-state index contributed by atoms with van der Waals surface area (Å²) in [6, 6.07) is 5.93. The molecule has 1 amide bonds. The zero-order chi connectivity index (χ0) is 12.5. The molecular formula is C13H13N4O. The van der Waals surface area contributed by atoms with Crippen LogP contribution in [0.5, 0.6) is 0 Å². The molecule has 1 radical (unpaired) electrons. The van der Waals surface area contributed by atoms with Gasteiger partial charge in [0.15, 0.2) is 6.33 Å². The Bertz CT molecular complexity index is 629. The maximum atomic E-state index is 11.3. The van der Waals surface area contributed by atoms with E-state index in [9.17, 15) is 4.79 Å². The van der Waals surface area contributed by atoms with Gasteiger partial charge < -0.3 is 4.98 Å². The topological polar surface area (TPSA) is 70.1 Å². The average molecular weight is 241 g/mol. The Kier molecular flexibility index (Phi) is 2.59. The van der Waals surface area contributed by atoms with E-state index in [4.69, 9.17) is 0 Å². The third-order valence-corrected chi connectivity index (χ3v) is 3.27. The Hall–Kier alpha value is -2.17. The number of H-pyrrole nitrogens is 1. The van der Waals surface area contributed by atoms with Gasteiger partial charge in [-0.2, -0.15) is 5.10 Å². The summed E-state index contributed by atoms with van der Waals surface area (Å²) in [7, 11) is 0. The van der Waals surface area contributed by atoms with E-state index >= 15 is 0 Å². The highest BCUT2D eigenvalue weighted by molar-refractivity contribution is 6.07. The van der Waals surface area contributed by atoms with E-state index in [-0.39, 0.29) is 11.8 Å². The summed E-state index contributed by atoms with van der Waals surface area (Å²) in [6.07, 6.45) is 4.12. The Morgan fingerprint density at radius 1 is 1.50 bits per heavy atom. The number of amides is 1. The number of aromatic nitrogens is 2. The number of nitrogens with one attached hydrogen (secondary N) is 2. The summed E-state index contributed by atoms with van der Waals surface area (Å²) < 4.78 is 0. The molecule has 5 nitrogen and oxygen atoms in total. The van der Waals surface area contributed by atoms with Crippen LogP contribution in [0.4, 0.5) is 0 Å². The molecule has 0 bridgehead atoms. The van der Waals surface area contributed by atoms with Gasteiger partial charge in [0.1, 0.15) is 0 Å². The number of nitrogens with zero attached hydrogens (tertiary/aromatic N) is 2. The molecule has 1 aromatic carbocycles. The summed E-state index contributed by atoms with van der Waals surface area (Å²) in [5.41, 5.74) is 6.31. The fourth-order valence-corrected chi connectivity index (χ4v) is 2.26. The number of rotatable bonds is 2. The highest BCUT2D eigenvalue weighted by atomic mass is 16.2. The van der Waals surface area contributed by atoms with Gasteiger partial charge in [-0.25, -0.2) is 10.4 Å².